The van der Waals surface area contributed by atoms with E-state index in [1.807, 2.05) is 6.92 Å². The van der Waals surface area contributed by atoms with Crippen molar-refractivity contribution in [3.63, 3.8) is 0 Å². The monoisotopic (exact) mass is 504 g/mol. The Morgan fingerprint density at radius 1 is 0.861 bits per heavy atom. The van der Waals surface area contributed by atoms with Gasteiger partial charge in [-0.3, -0.25) is 9.69 Å². The second-order valence-electron chi connectivity index (χ2n) is 10.3. The largest absolute Gasteiger partial charge is 0.465 e. The summed E-state index contributed by atoms with van der Waals surface area (Å²) < 4.78 is 10.8. The van der Waals surface area contributed by atoms with Crippen LogP contribution in [0.5, 0.6) is 0 Å². The van der Waals surface area contributed by atoms with Crippen LogP contribution in [0.2, 0.25) is 0 Å². The van der Waals surface area contributed by atoms with E-state index in [1.54, 1.807) is 11.9 Å². The molecule has 6 heteroatoms. The van der Waals surface area contributed by atoms with Crippen LogP contribution in [0.4, 0.5) is 4.79 Å². The molecule has 1 unspecified atom stereocenters. The van der Waals surface area contributed by atoms with Gasteiger partial charge >= 0.3 is 12.1 Å². The van der Waals surface area contributed by atoms with Crippen LogP contribution in [0.25, 0.3) is 0 Å². The topological polar surface area (TPSA) is 59.1 Å². The van der Waals surface area contributed by atoms with Crippen LogP contribution in [0.3, 0.4) is 0 Å². The molecule has 1 saturated heterocycles. The summed E-state index contributed by atoms with van der Waals surface area (Å²) >= 11 is 0. The van der Waals surface area contributed by atoms with Gasteiger partial charge in [0.15, 0.2) is 0 Å². The number of hydrogen-bond donors (Lipinski definition) is 0. The van der Waals surface area contributed by atoms with Crippen LogP contribution in [-0.2, 0) is 14.3 Å². The Bertz CT molecular complexity index is 680. The smallest absolute Gasteiger partial charge is 0.409 e. The van der Waals surface area contributed by atoms with Crippen molar-refractivity contribution in [1.29, 1.82) is 0 Å². The van der Waals surface area contributed by atoms with Gasteiger partial charge in [0.25, 0.3) is 0 Å². The molecule has 206 valence electrons. The number of hydrogen-bond acceptors (Lipinski definition) is 5. The summed E-state index contributed by atoms with van der Waals surface area (Å²) in [6.07, 6.45) is 23.3. The zero-order valence-electron chi connectivity index (χ0n) is 23.6. The second-order valence-corrected chi connectivity index (χ2v) is 10.3. The minimum Gasteiger partial charge on any atom is -0.465 e. The van der Waals surface area contributed by atoms with Crippen molar-refractivity contribution >= 4 is 12.1 Å². The highest BCUT2D eigenvalue weighted by atomic mass is 16.6. The van der Waals surface area contributed by atoms with Crippen LogP contribution in [-0.4, -0.2) is 67.3 Å². The van der Waals surface area contributed by atoms with Gasteiger partial charge in [-0.25, -0.2) is 4.79 Å². The number of rotatable bonds is 19. The Labute approximate surface area is 220 Å². The van der Waals surface area contributed by atoms with Crippen molar-refractivity contribution < 1.29 is 19.1 Å². The summed E-state index contributed by atoms with van der Waals surface area (Å²) in [6.45, 7) is 10.7. The molecule has 0 radical (unpaired) electrons. The fraction of sp³-hybridized carbons (Fsp3) is 0.733. The van der Waals surface area contributed by atoms with Crippen molar-refractivity contribution in [3.05, 3.63) is 36.5 Å². The first-order chi connectivity index (χ1) is 17.3. The summed E-state index contributed by atoms with van der Waals surface area (Å²) in [5.41, 5.74) is 0. The quantitative estimate of drug-likeness (QED) is 0.109. The summed E-state index contributed by atoms with van der Waals surface area (Å²) in [6, 6.07) is 0.721. The number of likely N-dealkylation sites (tertiary alicyclic amines) is 1. The molecule has 1 aliphatic rings. The third kappa shape index (κ3) is 15.1. The molecule has 36 heavy (non-hydrogen) atoms. The Hall–Kier alpha value is -2.08. The Balaban J connectivity index is 1.95. The summed E-state index contributed by atoms with van der Waals surface area (Å²) in [4.78, 5) is 28.2. The zero-order chi connectivity index (χ0) is 26.6. The maximum absolute atomic E-state index is 12.2. The van der Waals surface area contributed by atoms with E-state index in [0.717, 1.165) is 58.0 Å². The van der Waals surface area contributed by atoms with E-state index in [4.69, 9.17) is 9.47 Å². The van der Waals surface area contributed by atoms with E-state index in [2.05, 4.69) is 62.1 Å². The highest BCUT2D eigenvalue weighted by Gasteiger charge is 2.34. The molecule has 0 N–H and O–H groups in total. The molecule has 0 bridgehead atoms. The number of ether oxygens (including phenoxy) is 2. The molecular formula is C30H52N2O4. The molecule has 1 atom stereocenters. The van der Waals surface area contributed by atoms with Crippen LogP contribution in [0.1, 0.15) is 91.9 Å². The van der Waals surface area contributed by atoms with Crippen molar-refractivity contribution in [2.45, 2.75) is 104 Å². The van der Waals surface area contributed by atoms with Crippen molar-refractivity contribution in [1.82, 2.24) is 9.80 Å². The summed E-state index contributed by atoms with van der Waals surface area (Å²) in [7, 11) is 1.79. The first-order valence-corrected chi connectivity index (χ1v) is 14.1. The van der Waals surface area contributed by atoms with Gasteiger partial charge in [0.2, 0.25) is 0 Å². The molecule has 0 aromatic carbocycles. The van der Waals surface area contributed by atoms with E-state index < -0.39 is 0 Å². The molecule has 0 spiro atoms. The number of unbranched alkanes of at least 4 members (excludes halogenated alkanes) is 5. The van der Waals surface area contributed by atoms with Gasteiger partial charge < -0.3 is 14.4 Å². The highest BCUT2D eigenvalue weighted by Crippen LogP contribution is 2.17. The van der Waals surface area contributed by atoms with Gasteiger partial charge in [0.1, 0.15) is 0 Å². The molecular weight excluding hydrogens is 452 g/mol. The third-order valence-corrected chi connectivity index (χ3v) is 6.51. The average Bonchev–Trinajstić information content (AvgIpc) is 2.82. The third-order valence-electron chi connectivity index (χ3n) is 6.51. The lowest BCUT2D eigenvalue weighted by molar-refractivity contribution is -0.145. The fourth-order valence-corrected chi connectivity index (χ4v) is 3.86. The van der Waals surface area contributed by atoms with Crippen LogP contribution >= 0.6 is 0 Å². The van der Waals surface area contributed by atoms with E-state index in [-0.39, 0.29) is 37.2 Å². The van der Waals surface area contributed by atoms with Gasteiger partial charge in [-0.15, -0.1) is 0 Å². The molecule has 1 rings (SSSR count). The number of amides is 1. The second kappa shape index (κ2) is 20.0. The average molecular weight is 505 g/mol. The van der Waals surface area contributed by atoms with E-state index in [0.29, 0.717) is 12.5 Å². The first-order valence-electron chi connectivity index (χ1n) is 14.1. The lowest BCUT2D eigenvalue weighted by Gasteiger charge is -2.45. The minimum atomic E-state index is -0.302. The Morgan fingerprint density at radius 3 is 2.11 bits per heavy atom. The first kappa shape index (κ1) is 31.9. The van der Waals surface area contributed by atoms with Gasteiger partial charge in [-0.05, 0) is 52.4 Å². The van der Waals surface area contributed by atoms with Crippen LogP contribution in [0, 0.1) is 5.92 Å². The molecule has 0 saturated carbocycles. The number of likely N-dealkylation sites (N-methyl/N-ethyl adjacent to an activating group) is 1. The molecule has 1 aliphatic heterocycles. The predicted octanol–water partition coefficient (Wildman–Crippen LogP) is 6.92. The van der Waals surface area contributed by atoms with Gasteiger partial charge in [0, 0.05) is 38.5 Å². The van der Waals surface area contributed by atoms with Crippen LogP contribution in [0.15, 0.2) is 36.5 Å². The lowest BCUT2D eigenvalue weighted by Crippen LogP contribution is -2.61. The lowest BCUT2D eigenvalue weighted by atomic mass is 10.1. The van der Waals surface area contributed by atoms with Crippen molar-refractivity contribution in [2.75, 3.05) is 33.4 Å². The maximum Gasteiger partial charge on any atom is 0.409 e. The molecule has 6 nitrogen and oxygen atoms in total. The minimum absolute atomic E-state index is 0.0127. The Morgan fingerprint density at radius 2 is 1.44 bits per heavy atom. The highest BCUT2D eigenvalue weighted by molar-refractivity contribution is 5.69. The van der Waals surface area contributed by atoms with Gasteiger partial charge in [-0.2, -0.15) is 0 Å². The number of nitrogens with zero attached hydrogens (tertiary/aromatic N) is 2. The molecule has 0 aliphatic carbocycles. The standard InChI is InChI=1S/C30H52N2O4/c1-6-7-8-9-10-11-12-13-14-15-16-17-18-19-20-21-29(33)35-24-27(4)25-36-30(34)31(5)28-22-32(23-28)26(2)3/h7-8,10-11,13-14,26-28H,6,9,12,15-25H2,1-5H3/b8-7-,11-10-,14-13-. The van der Waals surface area contributed by atoms with Crippen molar-refractivity contribution in [2.24, 2.45) is 5.92 Å². The zero-order valence-corrected chi connectivity index (χ0v) is 23.6. The predicted molar refractivity (Wildman–Crippen MR) is 149 cm³/mol. The molecule has 1 heterocycles. The number of esters is 1. The normalized spacial score (nSPS) is 15.7. The Kier molecular flexibility index (Phi) is 17.8. The number of allylic oxidation sites excluding steroid dienone is 6. The summed E-state index contributed by atoms with van der Waals surface area (Å²) in [5, 5.41) is 0. The maximum atomic E-state index is 12.2. The molecule has 1 fully saturated rings. The van der Waals surface area contributed by atoms with E-state index in [1.165, 1.54) is 12.8 Å². The molecule has 0 aromatic heterocycles. The van der Waals surface area contributed by atoms with E-state index in [9.17, 15) is 9.59 Å². The molecule has 1 amide bonds. The van der Waals surface area contributed by atoms with Crippen molar-refractivity contribution in [3.8, 4) is 0 Å². The number of carbonyl (C=O) groups excluding carboxylic acids is 2. The van der Waals surface area contributed by atoms with Gasteiger partial charge in [0.05, 0.1) is 19.3 Å². The van der Waals surface area contributed by atoms with Gasteiger partial charge in [-0.1, -0.05) is 69.6 Å². The number of carbonyl (C=O) groups is 2. The van der Waals surface area contributed by atoms with Crippen LogP contribution < -0.4 is 0 Å². The SMILES string of the molecule is CC/C=C\C/C=C\C/C=C\CCCCCCCC(=O)OCC(C)COC(=O)N(C)C1CN(C(C)C)C1. The molecule has 0 aromatic rings. The summed E-state index contributed by atoms with van der Waals surface area (Å²) in [5.74, 6) is -0.170. The fourth-order valence-electron chi connectivity index (χ4n) is 3.86. The van der Waals surface area contributed by atoms with E-state index >= 15 is 0 Å².